The Bertz CT molecular complexity index is 919. The molecule has 1 spiro atoms. The molecule has 0 bridgehead atoms. The minimum atomic E-state index is -0.592. The second kappa shape index (κ2) is 8.38. The van der Waals surface area contributed by atoms with Gasteiger partial charge in [-0.15, -0.1) is 0 Å². The zero-order valence-corrected chi connectivity index (χ0v) is 16.0. The van der Waals surface area contributed by atoms with Crippen molar-refractivity contribution in [1.29, 1.82) is 0 Å². The van der Waals surface area contributed by atoms with Gasteiger partial charge >= 0.3 is 0 Å². The summed E-state index contributed by atoms with van der Waals surface area (Å²) in [7, 11) is 0. The van der Waals surface area contributed by atoms with Crippen molar-refractivity contribution in [2.24, 2.45) is 0 Å². The molecule has 2 saturated heterocycles. The molecule has 0 N–H and O–H groups in total. The molecule has 9 heteroatoms. The van der Waals surface area contributed by atoms with Crippen molar-refractivity contribution in [3.05, 3.63) is 58.5 Å². The Kier molecular flexibility index (Phi) is 5.68. The Balaban J connectivity index is 1.41. The number of amides is 1. The van der Waals surface area contributed by atoms with Crippen LogP contribution in [0.3, 0.4) is 0 Å². The van der Waals surface area contributed by atoms with E-state index in [1.54, 1.807) is 17.2 Å². The Morgan fingerprint density at radius 3 is 3.03 bits per heavy atom. The van der Waals surface area contributed by atoms with Crippen LogP contribution in [0.25, 0.3) is 0 Å². The highest BCUT2D eigenvalue weighted by molar-refractivity contribution is 5.78. The van der Waals surface area contributed by atoms with Gasteiger partial charge in [0.25, 0.3) is 5.56 Å². The third-order valence-corrected chi connectivity index (χ3v) is 5.32. The fourth-order valence-corrected chi connectivity index (χ4v) is 3.86. The van der Waals surface area contributed by atoms with Crippen LogP contribution in [0.1, 0.15) is 18.5 Å². The topological polar surface area (TPSA) is 86.6 Å². The number of ether oxygens (including phenoxy) is 2. The lowest BCUT2D eigenvalue weighted by Crippen LogP contribution is -2.47. The number of nitrogens with zero attached hydrogens (tertiary/aromatic N) is 4. The second-order valence-electron chi connectivity index (χ2n) is 7.52. The lowest BCUT2D eigenvalue weighted by Gasteiger charge is -2.32. The number of pyridine rings is 1. The molecule has 8 nitrogen and oxygen atoms in total. The van der Waals surface area contributed by atoms with E-state index in [0.29, 0.717) is 38.5 Å². The van der Waals surface area contributed by atoms with Crippen LogP contribution in [0, 0.1) is 5.82 Å². The van der Waals surface area contributed by atoms with E-state index in [0.717, 1.165) is 19.0 Å². The van der Waals surface area contributed by atoms with Crippen LogP contribution in [0.2, 0.25) is 0 Å². The fraction of sp³-hybridized carbons (Fsp3) is 0.500. The highest BCUT2D eigenvalue weighted by Crippen LogP contribution is 2.33. The number of rotatable bonds is 4. The molecule has 4 rings (SSSR count). The van der Waals surface area contributed by atoms with Crippen LogP contribution in [0.15, 0.2) is 41.5 Å². The summed E-state index contributed by atoms with van der Waals surface area (Å²) < 4.78 is 26.5. The average molecular weight is 402 g/mol. The summed E-state index contributed by atoms with van der Waals surface area (Å²) in [5.41, 5.74) is -0.237. The van der Waals surface area contributed by atoms with Gasteiger partial charge in [0.05, 0.1) is 45.0 Å². The number of carbonyl (C=O) groups excluding carboxylic acids is 1. The Morgan fingerprint density at radius 2 is 2.24 bits per heavy atom. The van der Waals surface area contributed by atoms with Gasteiger partial charge in [-0.05, 0) is 31.0 Å². The molecule has 4 heterocycles. The van der Waals surface area contributed by atoms with Gasteiger partial charge in [-0.3, -0.25) is 14.6 Å². The van der Waals surface area contributed by atoms with Crippen LogP contribution in [-0.4, -0.2) is 63.6 Å². The van der Waals surface area contributed by atoms with Crippen molar-refractivity contribution in [1.82, 2.24) is 19.7 Å². The molecule has 2 aromatic heterocycles. The largest absolute Gasteiger partial charge is 0.377 e. The smallest absolute Gasteiger partial charge is 0.266 e. The minimum absolute atomic E-state index is 0.0954. The normalized spacial score (nSPS) is 24.6. The van der Waals surface area contributed by atoms with E-state index in [-0.39, 0.29) is 24.0 Å². The summed E-state index contributed by atoms with van der Waals surface area (Å²) in [6, 6.07) is 5.89. The Morgan fingerprint density at radius 1 is 1.34 bits per heavy atom. The maximum absolute atomic E-state index is 13.0. The van der Waals surface area contributed by atoms with Crippen molar-refractivity contribution in [3.63, 3.8) is 0 Å². The summed E-state index contributed by atoms with van der Waals surface area (Å²) >= 11 is 0. The monoisotopic (exact) mass is 402 g/mol. The Labute approximate surface area is 167 Å². The van der Waals surface area contributed by atoms with E-state index in [1.165, 1.54) is 22.9 Å². The third kappa shape index (κ3) is 4.68. The predicted molar refractivity (Wildman–Crippen MR) is 101 cm³/mol. The molecule has 1 amide bonds. The van der Waals surface area contributed by atoms with Crippen LogP contribution in [0.4, 0.5) is 4.39 Å². The highest BCUT2D eigenvalue weighted by atomic mass is 19.1. The molecule has 0 saturated carbocycles. The number of hydrogen-bond donors (Lipinski definition) is 0. The lowest BCUT2D eigenvalue weighted by atomic mass is 10.00. The molecule has 2 aromatic rings. The molecular weight excluding hydrogens is 379 g/mol. The molecule has 2 atom stereocenters. The third-order valence-electron chi connectivity index (χ3n) is 5.32. The lowest BCUT2D eigenvalue weighted by molar-refractivity contribution is -0.135. The van der Waals surface area contributed by atoms with Gasteiger partial charge in [0.15, 0.2) is 0 Å². The maximum Gasteiger partial charge on any atom is 0.266 e. The van der Waals surface area contributed by atoms with Crippen LogP contribution >= 0.6 is 0 Å². The van der Waals surface area contributed by atoms with Gasteiger partial charge in [0.2, 0.25) is 5.91 Å². The number of hydrogen-bond acceptors (Lipinski definition) is 6. The van der Waals surface area contributed by atoms with Crippen molar-refractivity contribution in [2.75, 3.05) is 26.3 Å². The molecule has 154 valence electrons. The zero-order valence-electron chi connectivity index (χ0n) is 16.0. The van der Waals surface area contributed by atoms with E-state index in [1.807, 2.05) is 0 Å². The van der Waals surface area contributed by atoms with Crippen molar-refractivity contribution in [3.8, 4) is 0 Å². The van der Waals surface area contributed by atoms with E-state index in [2.05, 4.69) is 10.1 Å². The summed E-state index contributed by atoms with van der Waals surface area (Å²) in [6.45, 7) is 2.09. The molecule has 2 unspecified atom stereocenters. The van der Waals surface area contributed by atoms with E-state index in [9.17, 15) is 14.0 Å². The van der Waals surface area contributed by atoms with E-state index >= 15 is 0 Å². The van der Waals surface area contributed by atoms with E-state index < -0.39 is 11.4 Å². The van der Waals surface area contributed by atoms with Gasteiger partial charge in [0, 0.05) is 24.5 Å². The zero-order chi connectivity index (χ0) is 20.3. The number of aromatic nitrogens is 3. The standard InChI is InChI=1S/C20H23FN4O4/c21-15-3-4-16(22-11-15)10-19(27)24-8-9-28-14-20(13-24)6-5-17(29-20)12-25-18(26)2-1-7-23-25/h1-4,7,11,17H,5-6,8-10,12-14H2. The molecular formula is C20H23FN4O4. The first-order valence-electron chi connectivity index (χ1n) is 9.69. The minimum Gasteiger partial charge on any atom is -0.377 e. The van der Waals surface area contributed by atoms with Crippen molar-refractivity contribution < 1.29 is 18.7 Å². The Hall–Kier alpha value is -2.65. The van der Waals surface area contributed by atoms with E-state index in [4.69, 9.17) is 9.47 Å². The first-order valence-corrected chi connectivity index (χ1v) is 9.69. The summed E-state index contributed by atoms with van der Waals surface area (Å²) in [5.74, 6) is -0.525. The van der Waals surface area contributed by atoms with Gasteiger partial charge in [0.1, 0.15) is 11.4 Å². The average Bonchev–Trinajstić information content (AvgIpc) is 2.97. The summed E-state index contributed by atoms with van der Waals surface area (Å²) in [5, 5.41) is 4.08. The summed E-state index contributed by atoms with van der Waals surface area (Å²) in [4.78, 5) is 30.4. The predicted octanol–water partition coefficient (Wildman–Crippen LogP) is 0.797. The molecule has 0 radical (unpaired) electrons. The second-order valence-corrected chi connectivity index (χ2v) is 7.52. The van der Waals surface area contributed by atoms with Gasteiger partial charge < -0.3 is 14.4 Å². The SMILES string of the molecule is O=C(Cc1ccc(F)cn1)N1CCOCC2(CCC(Cn3ncccc3=O)O2)C1. The maximum atomic E-state index is 13.0. The quantitative estimate of drug-likeness (QED) is 0.752. The number of carbonyl (C=O) groups is 1. The summed E-state index contributed by atoms with van der Waals surface area (Å²) in [6.07, 6.45) is 4.11. The molecule has 2 aliphatic heterocycles. The molecule has 0 aliphatic carbocycles. The van der Waals surface area contributed by atoms with Gasteiger partial charge in [-0.25, -0.2) is 9.07 Å². The first-order chi connectivity index (χ1) is 14.0. The van der Waals surface area contributed by atoms with Gasteiger partial charge in [-0.1, -0.05) is 0 Å². The fourth-order valence-electron chi connectivity index (χ4n) is 3.86. The van der Waals surface area contributed by atoms with Crippen LogP contribution in [-0.2, 0) is 27.2 Å². The molecule has 2 fully saturated rings. The molecule has 0 aromatic carbocycles. The first kappa shape index (κ1) is 19.7. The number of halogens is 1. The van der Waals surface area contributed by atoms with Gasteiger partial charge in [-0.2, -0.15) is 5.10 Å². The van der Waals surface area contributed by atoms with Crippen LogP contribution < -0.4 is 5.56 Å². The van der Waals surface area contributed by atoms with Crippen LogP contribution in [0.5, 0.6) is 0 Å². The van der Waals surface area contributed by atoms with Crippen molar-refractivity contribution >= 4 is 5.91 Å². The molecule has 29 heavy (non-hydrogen) atoms. The molecule has 2 aliphatic rings. The highest BCUT2D eigenvalue weighted by Gasteiger charge is 2.44. The van der Waals surface area contributed by atoms with Crippen molar-refractivity contribution in [2.45, 2.75) is 37.5 Å².